The zero-order chi connectivity index (χ0) is 11.4. The Morgan fingerprint density at radius 2 is 1.80 bits per heavy atom. The van der Waals surface area contributed by atoms with E-state index in [-0.39, 0.29) is 0 Å². The van der Waals surface area contributed by atoms with Crippen molar-refractivity contribution in [2.75, 3.05) is 0 Å². The molecule has 0 aliphatic carbocycles. The van der Waals surface area contributed by atoms with E-state index in [4.69, 9.17) is 4.42 Å². The molecular formula is C11H21N3O. The summed E-state index contributed by atoms with van der Waals surface area (Å²) >= 11 is 0. The molecule has 15 heavy (non-hydrogen) atoms. The zero-order valence-electron chi connectivity index (χ0n) is 10.2. The lowest BCUT2D eigenvalue weighted by Gasteiger charge is -2.09. The zero-order valence-corrected chi connectivity index (χ0v) is 10.2. The van der Waals surface area contributed by atoms with Gasteiger partial charge < -0.3 is 9.73 Å². The molecule has 1 heterocycles. The Hall–Kier alpha value is -0.900. The van der Waals surface area contributed by atoms with Gasteiger partial charge in [-0.25, -0.2) is 0 Å². The van der Waals surface area contributed by atoms with Crippen molar-refractivity contribution in [2.45, 2.75) is 53.1 Å². The lowest BCUT2D eigenvalue weighted by molar-refractivity contribution is 0.370. The van der Waals surface area contributed by atoms with E-state index < -0.39 is 0 Å². The number of aromatic nitrogens is 2. The Kier molecular flexibility index (Phi) is 4.27. The van der Waals surface area contributed by atoms with Gasteiger partial charge in [-0.15, -0.1) is 10.2 Å². The van der Waals surface area contributed by atoms with E-state index in [0.717, 1.165) is 5.89 Å². The van der Waals surface area contributed by atoms with Crippen molar-refractivity contribution >= 4 is 0 Å². The third-order valence-electron chi connectivity index (χ3n) is 2.53. The number of rotatable bonds is 5. The molecule has 1 aromatic heterocycles. The fourth-order valence-electron chi connectivity index (χ4n) is 1.10. The third-order valence-corrected chi connectivity index (χ3v) is 2.53. The molecule has 1 rings (SSSR count). The van der Waals surface area contributed by atoms with Crippen molar-refractivity contribution in [3.05, 3.63) is 11.8 Å². The first kappa shape index (κ1) is 12.2. The van der Waals surface area contributed by atoms with Gasteiger partial charge in [-0.2, -0.15) is 0 Å². The van der Waals surface area contributed by atoms with Gasteiger partial charge >= 0.3 is 0 Å². The van der Waals surface area contributed by atoms with Gasteiger partial charge in [-0.3, -0.25) is 0 Å². The fraction of sp³-hybridized carbons (Fsp3) is 0.818. The summed E-state index contributed by atoms with van der Waals surface area (Å²) in [4.78, 5) is 0. The molecule has 1 aromatic rings. The summed E-state index contributed by atoms with van der Waals surface area (Å²) in [5.74, 6) is 2.26. The van der Waals surface area contributed by atoms with E-state index >= 15 is 0 Å². The Labute approximate surface area is 91.5 Å². The summed E-state index contributed by atoms with van der Waals surface area (Å²) in [7, 11) is 0. The highest BCUT2D eigenvalue weighted by atomic mass is 16.4. The van der Waals surface area contributed by atoms with Crippen LogP contribution in [-0.4, -0.2) is 16.2 Å². The van der Waals surface area contributed by atoms with Crippen molar-refractivity contribution < 1.29 is 4.42 Å². The van der Waals surface area contributed by atoms with Gasteiger partial charge in [-0.05, 0) is 5.92 Å². The average Bonchev–Trinajstić information content (AvgIpc) is 2.61. The van der Waals surface area contributed by atoms with Gasteiger partial charge in [0.2, 0.25) is 11.8 Å². The summed E-state index contributed by atoms with van der Waals surface area (Å²) in [6.07, 6.45) is 0. The molecule has 1 atom stereocenters. The molecule has 0 aliphatic heterocycles. The molecule has 0 radical (unpaired) electrons. The largest absolute Gasteiger partial charge is 0.424 e. The Morgan fingerprint density at radius 3 is 2.33 bits per heavy atom. The van der Waals surface area contributed by atoms with E-state index in [9.17, 15) is 0 Å². The van der Waals surface area contributed by atoms with Gasteiger partial charge in [0, 0.05) is 12.0 Å². The van der Waals surface area contributed by atoms with Crippen LogP contribution in [0, 0.1) is 5.92 Å². The lowest BCUT2D eigenvalue weighted by Crippen LogP contribution is -2.21. The second kappa shape index (κ2) is 5.26. The third kappa shape index (κ3) is 3.63. The van der Waals surface area contributed by atoms with Gasteiger partial charge in [0.1, 0.15) is 0 Å². The first-order valence-electron chi connectivity index (χ1n) is 5.56. The van der Waals surface area contributed by atoms with Crippen molar-refractivity contribution in [2.24, 2.45) is 5.92 Å². The van der Waals surface area contributed by atoms with E-state index in [1.165, 1.54) is 0 Å². The van der Waals surface area contributed by atoms with Crippen LogP contribution in [0.1, 0.15) is 52.3 Å². The maximum Gasteiger partial charge on any atom is 0.230 e. The van der Waals surface area contributed by atoms with Gasteiger partial charge in [0.15, 0.2) is 0 Å². The van der Waals surface area contributed by atoms with Crippen LogP contribution in [0.2, 0.25) is 0 Å². The molecule has 0 saturated carbocycles. The minimum atomic E-state index is 0.324. The van der Waals surface area contributed by atoms with Crippen LogP contribution in [0.3, 0.4) is 0 Å². The highest BCUT2D eigenvalue weighted by Gasteiger charge is 2.16. The van der Waals surface area contributed by atoms with Crippen LogP contribution in [0.4, 0.5) is 0 Å². The Morgan fingerprint density at radius 1 is 1.13 bits per heavy atom. The SMILES string of the molecule is CC(C)NCc1nnc(C(C)C(C)C)o1. The normalized spacial score (nSPS) is 13.8. The fourth-order valence-corrected chi connectivity index (χ4v) is 1.10. The van der Waals surface area contributed by atoms with Crippen LogP contribution in [0.15, 0.2) is 4.42 Å². The predicted octanol–water partition coefficient (Wildman–Crippen LogP) is 2.33. The first-order chi connectivity index (χ1) is 7.00. The van der Waals surface area contributed by atoms with E-state index in [1.54, 1.807) is 0 Å². The topological polar surface area (TPSA) is 51.0 Å². The molecule has 0 bridgehead atoms. The second-order valence-corrected chi connectivity index (χ2v) is 4.60. The number of nitrogens with zero attached hydrogens (tertiary/aromatic N) is 2. The number of hydrogen-bond donors (Lipinski definition) is 1. The molecule has 86 valence electrons. The standard InChI is InChI=1S/C11H21N3O/c1-7(2)9(5)11-14-13-10(15-11)6-12-8(3)4/h7-9,12H,6H2,1-5H3. The van der Waals surface area contributed by atoms with Crippen LogP contribution in [0.5, 0.6) is 0 Å². The molecule has 0 aromatic carbocycles. The van der Waals surface area contributed by atoms with Crippen molar-refractivity contribution in [3.8, 4) is 0 Å². The maximum absolute atomic E-state index is 5.57. The lowest BCUT2D eigenvalue weighted by atomic mass is 9.98. The van der Waals surface area contributed by atoms with Gasteiger partial charge in [-0.1, -0.05) is 34.6 Å². The van der Waals surface area contributed by atoms with Crippen LogP contribution >= 0.6 is 0 Å². The minimum Gasteiger partial charge on any atom is -0.424 e. The smallest absolute Gasteiger partial charge is 0.230 e. The monoisotopic (exact) mass is 211 g/mol. The maximum atomic E-state index is 5.57. The summed E-state index contributed by atoms with van der Waals surface area (Å²) in [5, 5.41) is 11.3. The summed E-state index contributed by atoms with van der Waals surface area (Å²) < 4.78 is 5.57. The second-order valence-electron chi connectivity index (χ2n) is 4.60. The minimum absolute atomic E-state index is 0.324. The number of hydrogen-bond acceptors (Lipinski definition) is 4. The molecule has 0 spiro atoms. The Bertz CT molecular complexity index is 294. The van der Waals surface area contributed by atoms with E-state index in [1.807, 2.05) is 0 Å². The molecule has 0 saturated heterocycles. The van der Waals surface area contributed by atoms with Crippen molar-refractivity contribution in [1.29, 1.82) is 0 Å². The highest BCUT2D eigenvalue weighted by molar-refractivity contribution is 4.90. The summed E-state index contributed by atoms with van der Waals surface area (Å²) in [6, 6.07) is 0.433. The van der Waals surface area contributed by atoms with E-state index in [0.29, 0.717) is 30.3 Å². The molecule has 4 nitrogen and oxygen atoms in total. The van der Waals surface area contributed by atoms with Gasteiger partial charge in [0.05, 0.1) is 6.54 Å². The molecule has 0 aliphatic rings. The van der Waals surface area contributed by atoms with Crippen LogP contribution in [0.25, 0.3) is 0 Å². The van der Waals surface area contributed by atoms with E-state index in [2.05, 4.69) is 50.1 Å². The van der Waals surface area contributed by atoms with Crippen LogP contribution in [-0.2, 0) is 6.54 Å². The summed E-state index contributed by atoms with van der Waals surface area (Å²) in [6.45, 7) is 11.2. The predicted molar refractivity (Wildman–Crippen MR) is 59.5 cm³/mol. The molecular weight excluding hydrogens is 190 g/mol. The first-order valence-corrected chi connectivity index (χ1v) is 5.56. The molecule has 1 N–H and O–H groups in total. The average molecular weight is 211 g/mol. The highest BCUT2D eigenvalue weighted by Crippen LogP contribution is 2.21. The van der Waals surface area contributed by atoms with Gasteiger partial charge in [0.25, 0.3) is 0 Å². The molecule has 0 fully saturated rings. The summed E-state index contributed by atoms with van der Waals surface area (Å²) in [5.41, 5.74) is 0. The van der Waals surface area contributed by atoms with Crippen molar-refractivity contribution in [1.82, 2.24) is 15.5 Å². The molecule has 4 heteroatoms. The molecule has 0 amide bonds. The van der Waals surface area contributed by atoms with Crippen molar-refractivity contribution in [3.63, 3.8) is 0 Å². The molecule has 1 unspecified atom stereocenters. The number of nitrogens with one attached hydrogen (secondary N) is 1. The Balaban J connectivity index is 2.56. The quantitative estimate of drug-likeness (QED) is 0.812. The van der Waals surface area contributed by atoms with Crippen LogP contribution < -0.4 is 5.32 Å².